The van der Waals surface area contributed by atoms with Gasteiger partial charge >= 0.3 is 0 Å². The molecule has 142 valence electrons. The van der Waals surface area contributed by atoms with Crippen molar-refractivity contribution in [3.05, 3.63) is 0 Å². The molecule has 0 aliphatic rings. The molecule has 0 saturated carbocycles. The summed E-state index contributed by atoms with van der Waals surface area (Å²) in [5.41, 5.74) is 0. The molecular formula is C15H27N5O5. The zero-order valence-electron chi connectivity index (χ0n) is 14.9. The van der Waals surface area contributed by atoms with Gasteiger partial charge in [0.05, 0.1) is 12.8 Å². The number of hydrogen-bond donors (Lipinski definition) is 4. The second-order valence-corrected chi connectivity index (χ2v) is 5.12. The number of hydrogen-bond acceptors (Lipinski definition) is 6. The topological polar surface area (TPSA) is 138 Å². The molecule has 0 rings (SSSR count). The number of nitrogens with one attached hydrogen (secondary N) is 4. The summed E-state index contributed by atoms with van der Waals surface area (Å²) in [5, 5.41) is 13.6. The Balaban J connectivity index is 3.94. The highest BCUT2D eigenvalue weighted by molar-refractivity contribution is 5.87. The molecule has 10 heteroatoms. The molecule has 0 aromatic rings. The van der Waals surface area contributed by atoms with Gasteiger partial charge in [0.15, 0.2) is 6.61 Å². The van der Waals surface area contributed by atoms with Crippen molar-refractivity contribution >= 4 is 29.8 Å². The van der Waals surface area contributed by atoms with Gasteiger partial charge in [-0.15, -0.1) is 0 Å². The van der Waals surface area contributed by atoms with Crippen LogP contribution in [0.2, 0.25) is 0 Å². The zero-order chi connectivity index (χ0) is 19.1. The van der Waals surface area contributed by atoms with E-state index in [1.807, 2.05) is 6.92 Å². The molecule has 25 heavy (non-hydrogen) atoms. The van der Waals surface area contributed by atoms with Gasteiger partial charge in [-0.2, -0.15) is 0 Å². The lowest BCUT2D eigenvalue weighted by Gasteiger charge is -2.15. The average molecular weight is 357 g/mol. The fourth-order valence-corrected chi connectivity index (χ4v) is 1.71. The van der Waals surface area contributed by atoms with E-state index in [1.165, 1.54) is 20.2 Å². The smallest absolute Gasteiger partial charge is 0.260 e. The largest absolute Gasteiger partial charge is 0.386 e. The van der Waals surface area contributed by atoms with E-state index in [0.717, 1.165) is 6.42 Å². The van der Waals surface area contributed by atoms with Crippen LogP contribution in [0.4, 0.5) is 0 Å². The maximum absolute atomic E-state index is 11.7. The maximum atomic E-state index is 11.7. The van der Waals surface area contributed by atoms with Crippen LogP contribution in [-0.2, 0) is 24.0 Å². The Labute approximate surface area is 147 Å². The maximum Gasteiger partial charge on any atom is 0.260 e. The molecule has 0 heterocycles. The predicted octanol–water partition coefficient (Wildman–Crippen LogP) is -1.34. The van der Waals surface area contributed by atoms with Crippen molar-refractivity contribution in [3.63, 3.8) is 0 Å². The first-order valence-electron chi connectivity index (χ1n) is 8.06. The van der Waals surface area contributed by atoms with E-state index in [4.69, 9.17) is 4.84 Å². The highest BCUT2D eigenvalue weighted by Crippen LogP contribution is 1.98. The molecule has 0 spiro atoms. The monoisotopic (exact) mass is 357 g/mol. The number of carbonyl (C=O) groups is 4. The Morgan fingerprint density at radius 1 is 1.16 bits per heavy atom. The van der Waals surface area contributed by atoms with Gasteiger partial charge in [-0.1, -0.05) is 12.1 Å². The SMILES string of the molecule is CCCNC(=O)CO/N=C/CNC(=O)CC[C@H](NC(C)=O)C(=O)NC. The second kappa shape index (κ2) is 13.8. The van der Waals surface area contributed by atoms with Gasteiger partial charge in [0, 0.05) is 26.9 Å². The number of oxime groups is 1. The Morgan fingerprint density at radius 2 is 1.88 bits per heavy atom. The highest BCUT2D eigenvalue weighted by Gasteiger charge is 2.18. The van der Waals surface area contributed by atoms with Gasteiger partial charge in [0.1, 0.15) is 6.04 Å². The van der Waals surface area contributed by atoms with Crippen molar-refractivity contribution < 1.29 is 24.0 Å². The summed E-state index contributed by atoms with van der Waals surface area (Å²) in [4.78, 5) is 50.3. The van der Waals surface area contributed by atoms with Crippen LogP contribution in [0.25, 0.3) is 0 Å². The molecule has 1 atom stereocenters. The predicted molar refractivity (Wildman–Crippen MR) is 91.7 cm³/mol. The van der Waals surface area contributed by atoms with E-state index in [0.29, 0.717) is 6.54 Å². The molecular weight excluding hydrogens is 330 g/mol. The molecule has 0 unspecified atom stereocenters. The van der Waals surface area contributed by atoms with Crippen LogP contribution < -0.4 is 21.3 Å². The van der Waals surface area contributed by atoms with Crippen molar-refractivity contribution in [2.75, 3.05) is 26.7 Å². The number of nitrogens with zero attached hydrogens (tertiary/aromatic N) is 1. The lowest BCUT2D eigenvalue weighted by Crippen LogP contribution is -2.45. The van der Waals surface area contributed by atoms with Crippen LogP contribution in [0.3, 0.4) is 0 Å². The molecule has 0 bridgehead atoms. The quantitative estimate of drug-likeness (QED) is 0.253. The third kappa shape index (κ3) is 12.4. The van der Waals surface area contributed by atoms with Crippen LogP contribution in [0, 0.1) is 0 Å². The summed E-state index contributed by atoms with van der Waals surface area (Å²) >= 11 is 0. The molecule has 0 aromatic heterocycles. The third-order valence-electron chi connectivity index (χ3n) is 2.91. The Bertz CT molecular complexity index is 481. The van der Waals surface area contributed by atoms with Crippen molar-refractivity contribution in [2.24, 2.45) is 5.16 Å². The minimum Gasteiger partial charge on any atom is -0.386 e. The Hall–Kier alpha value is -2.65. The zero-order valence-corrected chi connectivity index (χ0v) is 14.9. The number of carbonyl (C=O) groups excluding carboxylic acids is 4. The van der Waals surface area contributed by atoms with Crippen molar-refractivity contribution in [3.8, 4) is 0 Å². The minimum absolute atomic E-state index is 0.0620. The summed E-state index contributed by atoms with van der Waals surface area (Å²) in [6.07, 6.45) is 2.39. The highest BCUT2D eigenvalue weighted by atomic mass is 16.6. The van der Waals surface area contributed by atoms with E-state index in [2.05, 4.69) is 26.4 Å². The second-order valence-electron chi connectivity index (χ2n) is 5.12. The normalized spacial score (nSPS) is 11.5. The van der Waals surface area contributed by atoms with Crippen LogP contribution in [0.15, 0.2) is 5.16 Å². The van der Waals surface area contributed by atoms with Crippen LogP contribution >= 0.6 is 0 Å². The van der Waals surface area contributed by atoms with Crippen LogP contribution in [0.1, 0.15) is 33.1 Å². The van der Waals surface area contributed by atoms with E-state index in [-0.39, 0.29) is 49.6 Å². The standard InChI is InChI=1S/C15H27N5O5/c1-4-7-17-14(23)10-25-19-9-8-18-13(22)6-5-12(15(24)16-3)20-11(2)21/h9,12H,4-8,10H2,1-3H3,(H,16,24)(H,17,23)(H,18,22)(H,20,21)/b19-9+/t12-/m0/s1. The molecule has 0 saturated heterocycles. The van der Waals surface area contributed by atoms with Gasteiger partial charge in [-0.25, -0.2) is 0 Å². The summed E-state index contributed by atoms with van der Waals surface area (Å²) in [6.45, 7) is 3.76. The minimum atomic E-state index is -0.758. The number of amides is 4. The molecule has 0 aromatic carbocycles. The summed E-state index contributed by atoms with van der Waals surface area (Å²) in [5.74, 6) is -1.27. The number of rotatable bonds is 12. The summed E-state index contributed by atoms with van der Waals surface area (Å²) in [7, 11) is 1.45. The van der Waals surface area contributed by atoms with Crippen molar-refractivity contribution in [2.45, 2.75) is 39.2 Å². The van der Waals surface area contributed by atoms with E-state index in [9.17, 15) is 19.2 Å². The average Bonchev–Trinajstić information content (AvgIpc) is 2.58. The first-order valence-corrected chi connectivity index (χ1v) is 8.06. The fourth-order valence-electron chi connectivity index (χ4n) is 1.71. The van der Waals surface area contributed by atoms with Gasteiger partial charge < -0.3 is 26.1 Å². The van der Waals surface area contributed by atoms with Crippen molar-refractivity contribution in [1.29, 1.82) is 0 Å². The molecule has 4 amide bonds. The third-order valence-corrected chi connectivity index (χ3v) is 2.91. The van der Waals surface area contributed by atoms with E-state index in [1.54, 1.807) is 0 Å². The van der Waals surface area contributed by atoms with E-state index < -0.39 is 6.04 Å². The fraction of sp³-hybridized carbons (Fsp3) is 0.667. The lowest BCUT2D eigenvalue weighted by molar-refractivity contribution is -0.128. The Morgan fingerprint density at radius 3 is 2.48 bits per heavy atom. The van der Waals surface area contributed by atoms with Crippen LogP contribution in [-0.4, -0.2) is 62.6 Å². The summed E-state index contributed by atoms with van der Waals surface area (Å²) in [6, 6.07) is -0.758. The first kappa shape index (κ1) is 22.4. The van der Waals surface area contributed by atoms with Crippen molar-refractivity contribution in [1.82, 2.24) is 21.3 Å². The molecule has 0 aliphatic heterocycles. The lowest BCUT2D eigenvalue weighted by atomic mass is 10.1. The first-order chi connectivity index (χ1) is 11.9. The molecule has 4 N–H and O–H groups in total. The molecule has 10 nitrogen and oxygen atoms in total. The Kier molecular flexibility index (Phi) is 12.3. The summed E-state index contributed by atoms with van der Waals surface area (Å²) < 4.78 is 0. The van der Waals surface area contributed by atoms with Gasteiger partial charge in [0.25, 0.3) is 5.91 Å². The van der Waals surface area contributed by atoms with Gasteiger partial charge in [0.2, 0.25) is 17.7 Å². The van der Waals surface area contributed by atoms with Crippen LogP contribution in [0.5, 0.6) is 0 Å². The number of likely N-dealkylation sites (N-methyl/N-ethyl adjacent to an activating group) is 1. The van der Waals surface area contributed by atoms with Gasteiger partial charge in [-0.05, 0) is 12.8 Å². The molecule has 0 radical (unpaired) electrons. The van der Waals surface area contributed by atoms with Gasteiger partial charge in [-0.3, -0.25) is 19.2 Å². The van der Waals surface area contributed by atoms with E-state index >= 15 is 0 Å². The molecule has 0 aliphatic carbocycles. The molecule has 0 fully saturated rings.